The molecule has 64 heavy (non-hydrogen) atoms. The molecular weight excluding hydrogens is 836 g/mol. The van der Waals surface area contributed by atoms with Gasteiger partial charge in [0, 0.05) is 37.9 Å². The van der Waals surface area contributed by atoms with Crippen LogP contribution < -0.4 is 5.32 Å². The number of imidazole rings is 2. The van der Waals surface area contributed by atoms with Gasteiger partial charge in [0.15, 0.2) is 0 Å². The summed E-state index contributed by atoms with van der Waals surface area (Å²) in [5.74, 6) is 1.66. The smallest absolute Gasteiger partial charge is 0.407 e. The van der Waals surface area contributed by atoms with Crippen LogP contribution in [-0.2, 0) is 19.1 Å². The Labute approximate surface area is 375 Å². The number of fused-ring (bicyclic) bond motifs is 3. The van der Waals surface area contributed by atoms with E-state index in [4.69, 9.17) is 31.0 Å². The summed E-state index contributed by atoms with van der Waals surface area (Å²) < 4.78 is 10.5. The van der Waals surface area contributed by atoms with Crippen LogP contribution in [-0.4, -0.2) is 115 Å². The quantitative estimate of drug-likeness (QED) is 0.102. The normalized spacial score (nSPS) is 24.6. The Hall–Kier alpha value is -5.93. The first-order valence-electron chi connectivity index (χ1n) is 22.4. The van der Waals surface area contributed by atoms with Crippen molar-refractivity contribution in [3.05, 3.63) is 83.7 Å². The highest BCUT2D eigenvalue weighted by Crippen LogP contribution is 2.55. The van der Waals surface area contributed by atoms with Gasteiger partial charge < -0.3 is 39.7 Å². The zero-order valence-corrected chi connectivity index (χ0v) is 37.0. The molecule has 10 rings (SSSR count). The lowest BCUT2D eigenvalue weighted by atomic mass is 9.90. The molecule has 5 aliphatic rings. The van der Waals surface area contributed by atoms with Crippen LogP contribution in [0, 0.1) is 23.7 Å². The summed E-state index contributed by atoms with van der Waals surface area (Å²) in [5.41, 5.74) is 5.42. The number of hydrogen-bond donors (Lipinski definition) is 4. The number of hydrogen-bond acceptors (Lipinski definition) is 8. The number of alkyl carbamates (subject to hydrolysis) is 1. The highest BCUT2D eigenvalue weighted by Gasteiger charge is 2.58. The molecule has 0 unspecified atom stereocenters. The largest absolute Gasteiger partial charge is 0.465 e. The standard InChI is InChI=1S/C48H53ClN8O7/c1-24(2)41(55(3)48(61)62)46(59)57-36-20-32(36)21-37(57)43-50-23-34(51-43)26-7-5-25(6-8-26)28-9-10-30-18-31(12-11-29(30)17-28)39-42(49)54-44(52-39)38-22-33-19-35(33)56(38)45(58)40(53-47(60)63-4)27-13-15-64-16-14-27/h5-12,17-18,23-24,27,32-33,35-38,40-41H,13-16,19-22H2,1-4H3,(H,50,51)(H,52,54)(H,53,60)(H,61,62)/t32-,33-,35-,36-,37+,38+,40+,41+/m1/s1. The Morgan fingerprint density at radius 1 is 0.828 bits per heavy atom. The third kappa shape index (κ3) is 7.65. The molecule has 2 aliphatic carbocycles. The van der Waals surface area contributed by atoms with E-state index in [1.54, 1.807) is 0 Å². The molecule has 16 heteroatoms. The third-order valence-corrected chi connectivity index (χ3v) is 14.6. The first-order valence-corrected chi connectivity index (χ1v) is 22.7. The SMILES string of the molecule is COC(=O)N[C@H](C(=O)N1[C@@H]2C[C@@H]2C[C@H]1c1nc(-c2ccc3cc(-c4ccc(-c5cnc([C@@H]6C[C@H]7C[C@H]7N6C(=O)[C@H](C(C)C)N(C)C(=O)O)[nH]5)cc4)ccc3c2)c(Cl)[nH]1)C1CCOCC1. The number of likely N-dealkylation sites (N-methyl/N-ethyl adjacent to an activating group) is 1. The van der Waals surface area contributed by atoms with Crippen molar-refractivity contribution in [3.63, 3.8) is 0 Å². The number of carbonyl (C=O) groups is 4. The van der Waals surface area contributed by atoms with Crippen LogP contribution in [0.15, 0.2) is 66.9 Å². The van der Waals surface area contributed by atoms with Gasteiger partial charge in [-0.15, -0.1) is 0 Å². The first-order chi connectivity index (χ1) is 30.9. The van der Waals surface area contributed by atoms with Crippen LogP contribution in [0.3, 0.4) is 0 Å². The topological polar surface area (TPSA) is 186 Å². The van der Waals surface area contributed by atoms with E-state index in [9.17, 15) is 24.3 Å². The van der Waals surface area contributed by atoms with Crippen molar-refractivity contribution in [2.45, 2.75) is 88.6 Å². The highest BCUT2D eigenvalue weighted by atomic mass is 35.5. The number of carboxylic acid groups (broad SMARTS) is 1. The number of nitrogens with zero attached hydrogens (tertiary/aromatic N) is 5. The van der Waals surface area contributed by atoms with Gasteiger partial charge in [-0.25, -0.2) is 19.6 Å². The van der Waals surface area contributed by atoms with Crippen molar-refractivity contribution in [2.75, 3.05) is 27.4 Å². The molecule has 334 valence electrons. The van der Waals surface area contributed by atoms with E-state index in [1.165, 1.54) is 14.2 Å². The maximum Gasteiger partial charge on any atom is 0.407 e. The summed E-state index contributed by atoms with van der Waals surface area (Å²) in [7, 11) is 2.78. The zero-order chi connectivity index (χ0) is 44.6. The number of amides is 4. The van der Waals surface area contributed by atoms with Gasteiger partial charge in [0.05, 0.1) is 31.1 Å². The van der Waals surface area contributed by atoms with Crippen LogP contribution >= 0.6 is 11.6 Å². The van der Waals surface area contributed by atoms with Crippen molar-refractivity contribution < 1.29 is 33.8 Å². The number of likely N-dealkylation sites (tertiary alicyclic amines) is 2. The monoisotopic (exact) mass is 888 g/mol. The summed E-state index contributed by atoms with van der Waals surface area (Å²) >= 11 is 6.87. The fourth-order valence-electron chi connectivity index (χ4n) is 10.8. The first kappa shape index (κ1) is 42.0. The van der Waals surface area contributed by atoms with Crippen molar-refractivity contribution in [1.29, 1.82) is 0 Å². The van der Waals surface area contributed by atoms with Gasteiger partial charge in [0.2, 0.25) is 11.8 Å². The molecule has 2 aromatic heterocycles. The van der Waals surface area contributed by atoms with E-state index < -0.39 is 24.3 Å². The second-order valence-corrected chi connectivity index (χ2v) is 19.0. The predicted molar refractivity (Wildman–Crippen MR) is 239 cm³/mol. The van der Waals surface area contributed by atoms with E-state index in [1.807, 2.05) is 35.9 Å². The number of methoxy groups -OCH3 is 1. The number of aromatic nitrogens is 4. The average molecular weight is 889 g/mol. The minimum Gasteiger partial charge on any atom is -0.465 e. The molecule has 3 saturated heterocycles. The fraction of sp³-hybridized carbons (Fsp3) is 0.458. The van der Waals surface area contributed by atoms with Gasteiger partial charge in [0.1, 0.15) is 34.6 Å². The van der Waals surface area contributed by atoms with Gasteiger partial charge in [-0.05, 0) is 102 Å². The number of halogens is 1. The van der Waals surface area contributed by atoms with Gasteiger partial charge in [-0.2, -0.15) is 0 Å². The zero-order valence-electron chi connectivity index (χ0n) is 36.3. The molecule has 5 heterocycles. The maximum absolute atomic E-state index is 14.3. The van der Waals surface area contributed by atoms with Gasteiger partial charge in [-0.1, -0.05) is 74.0 Å². The third-order valence-electron chi connectivity index (χ3n) is 14.3. The van der Waals surface area contributed by atoms with Gasteiger partial charge in [-0.3, -0.25) is 14.5 Å². The van der Waals surface area contributed by atoms with E-state index in [0.717, 1.165) is 75.1 Å². The Kier molecular flexibility index (Phi) is 10.9. The molecule has 5 fully saturated rings. The lowest BCUT2D eigenvalue weighted by Crippen LogP contribution is -2.54. The maximum atomic E-state index is 14.3. The molecular formula is C48H53ClN8O7. The van der Waals surface area contributed by atoms with Gasteiger partial charge >= 0.3 is 12.2 Å². The van der Waals surface area contributed by atoms with Crippen LogP contribution in [0.2, 0.25) is 5.15 Å². The number of benzene rings is 3. The molecule has 2 saturated carbocycles. The summed E-state index contributed by atoms with van der Waals surface area (Å²) in [5, 5.41) is 15.0. The molecule has 4 amide bonds. The average Bonchev–Trinajstić information content (AvgIpc) is 3.94. The van der Waals surface area contributed by atoms with E-state index >= 15 is 0 Å². The summed E-state index contributed by atoms with van der Waals surface area (Å²) in [6.07, 6.45) is 4.89. The van der Waals surface area contributed by atoms with E-state index in [0.29, 0.717) is 54.6 Å². The molecule has 3 aliphatic heterocycles. The number of aromatic amines is 2. The van der Waals surface area contributed by atoms with E-state index in [-0.39, 0.29) is 47.8 Å². The minimum absolute atomic E-state index is 0.0522. The molecule has 5 aromatic rings. The molecule has 0 bridgehead atoms. The number of H-pyrrole nitrogens is 2. The molecule has 0 radical (unpaired) electrons. The number of rotatable bonds is 11. The fourth-order valence-corrected chi connectivity index (χ4v) is 11.0. The number of ether oxygens (including phenoxy) is 2. The second kappa shape index (κ2) is 16.6. The Morgan fingerprint density at radius 3 is 2.06 bits per heavy atom. The summed E-state index contributed by atoms with van der Waals surface area (Å²) in [6, 6.07) is 19.1. The lowest BCUT2D eigenvalue weighted by Gasteiger charge is -2.35. The number of nitrogens with one attached hydrogen (secondary N) is 3. The summed E-state index contributed by atoms with van der Waals surface area (Å²) in [6.45, 7) is 4.85. The molecule has 4 N–H and O–H groups in total. The van der Waals surface area contributed by atoms with Gasteiger partial charge in [0.25, 0.3) is 0 Å². The van der Waals surface area contributed by atoms with Crippen molar-refractivity contribution in [2.24, 2.45) is 23.7 Å². The summed E-state index contributed by atoms with van der Waals surface area (Å²) in [4.78, 5) is 73.9. The van der Waals surface area contributed by atoms with Crippen molar-refractivity contribution >= 4 is 46.4 Å². The number of carbonyl (C=O) groups excluding carboxylic acids is 3. The van der Waals surface area contributed by atoms with Crippen LogP contribution in [0.25, 0.3) is 44.4 Å². The highest BCUT2D eigenvalue weighted by molar-refractivity contribution is 6.32. The van der Waals surface area contributed by atoms with Crippen LogP contribution in [0.4, 0.5) is 9.59 Å². The Morgan fingerprint density at radius 2 is 1.42 bits per heavy atom. The molecule has 15 nitrogen and oxygen atoms in total. The Balaban J connectivity index is 0.837. The van der Waals surface area contributed by atoms with Crippen LogP contribution in [0.1, 0.15) is 76.1 Å². The molecule has 3 aromatic carbocycles. The molecule has 8 atom stereocenters. The lowest BCUT2D eigenvalue weighted by molar-refractivity contribution is -0.140. The predicted octanol–water partition coefficient (Wildman–Crippen LogP) is 8.05. The van der Waals surface area contributed by atoms with Crippen molar-refractivity contribution in [1.82, 2.24) is 40.0 Å². The molecule has 0 spiro atoms. The van der Waals surface area contributed by atoms with E-state index in [2.05, 4.69) is 69.9 Å². The Bertz CT molecular complexity index is 2620. The van der Waals surface area contributed by atoms with Crippen LogP contribution in [0.5, 0.6) is 0 Å². The van der Waals surface area contributed by atoms with Crippen molar-refractivity contribution in [3.8, 4) is 33.6 Å². The number of piperidine rings is 2. The minimum atomic E-state index is -1.12. The second-order valence-electron chi connectivity index (χ2n) is 18.6.